The number of rotatable bonds is 6. The van der Waals surface area contributed by atoms with Crippen LogP contribution in [-0.2, 0) is 0 Å². The Morgan fingerprint density at radius 1 is 1.21 bits per heavy atom. The summed E-state index contributed by atoms with van der Waals surface area (Å²) in [6.45, 7) is 0. The zero-order valence-corrected chi connectivity index (χ0v) is 13.7. The average molecular weight is 351 g/mol. The summed E-state index contributed by atoms with van der Waals surface area (Å²) in [5, 5.41) is 23.0. The summed E-state index contributed by atoms with van der Waals surface area (Å²) in [5.74, 6) is -0.736. The number of phenols is 1. The van der Waals surface area contributed by atoms with Crippen molar-refractivity contribution in [1.29, 1.82) is 0 Å². The van der Waals surface area contributed by atoms with Gasteiger partial charge in [-0.3, -0.25) is 5.43 Å². The minimum atomic E-state index is -1.12. The summed E-state index contributed by atoms with van der Waals surface area (Å²) < 4.78 is 10.1. The normalized spacial score (nSPS) is 10.6. The number of aromatic carboxylic acids is 1. The molecule has 126 valence electrons. The Balaban J connectivity index is 2.20. The first kappa shape index (κ1) is 17.4. The van der Waals surface area contributed by atoms with Gasteiger partial charge >= 0.3 is 5.97 Å². The predicted molar refractivity (Wildman–Crippen MR) is 90.8 cm³/mol. The smallest absolute Gasteiger partial charge is 0.337 e. The molecule has 2 aromatic rings. The minimum Gasteiger partial charge on any atom is -0.502 e. The third-order valence-corrected chi connectivity index (χ3v) is 3.44. The molecule has 2 rings (SSSR count). The molecule has 3 N–H and O–H groups in total. The van der Waals surface area contributed by atoms with Crippen LogP contribution in [0.4, 0.5) is 5.69 Å². The van der Waals surface area contributed by atoms with Crippen molar-refractivity contribution in [3.8, 4) is 17.2 Å². The van der Waals surface area contributed by atoms with Gasteiger partial charge in [-0.2, -0.15) is 5.10 Å². The van der Waals surface area contributed by atoms with Gasteiger partial charge in [0.2, 0.25) is 5.75 Å². The lowest BCUT2D eigenvalue weighted by Gasteiger charge is -2.09. The molecular weight excluding hydrogens is 336 g/mol. The maximum Gasteiger partial charge on any atom is 0.337 e. The van der Waals surface area contributed by atoms with E-state index in [9.17, 15) is 9.90 Å². The largest absolute Gasteiger partial charge is 0.502 e. The molecule has 0 aliphatic rings. The lowest BCUT2D eigenvalue weighted by atomic mass is 10.2. The molecule has 0 aromatic heterocycles. The topological polar surface area (TPSA) is 100 Å². The van der Waals surface area contributed by atoms with E-state index in [1.807, 2.05) is 0 Å². The Morgan fingerprint density at radius 3 is 2.38 bits per heavy atom. The highest BCUT2D eigenvalue weighted by Crippen LogP contribution is 2.36. The molecule has 0 atom stereocenters. The van der Waals surface area contributed by atoms with E-state index in [-0.39, 0.29) is 27.8 Å². The molecule has 0 radical (unpaired) electrons. The van der Waals surface area contributed by atoms with Crippen molar-refractivity contribution in [3.05, 3.63) is 46.5 Å². The van der Waals surface area contributed by atoms with Gasteiger partial charge < -0.3 is 19.7 Å². The number of nitrogens with zero attached hydrogens (tertiary/aromatic N) is 1. The third kappa shape index (κ3) is 3.88. The van der Waals surface area contributed by atoms with Crippen LogP contribution in [0.15, 0.2) is 35.4 Å². The van der Waals surface area contributed by atoms with Gasteiger partial charge in [0.1, 0.15) is 0 Å². The average Bonchev–Trinajstić information content (AvgIpc) is 2.57. The van der Waals surface area contributed by atoms with Gasteiger partial charge in [0.05, 0.1) is 36.7 Å². The number of carbonyl (C=O) groups is 1. The predicted octanol–water partition coefficient (Wildman–Crippen LogP) is 3.21. The summed E-state index contributed by atoms with van der Waals surface area (Å²) in [6.07, 6.45) is 1.47. The molecule has 2 aromatic carbocycles. The maximum atomic E-state index is 11.0. The van der Waals surface area contributed by atoms with E-state index in [4.69, 9.17) is 26.2 Å². The van der Waals surface area contributed by atoms with E-state index in [1.165, 1.54) is 32.6 Å². The van der Waals surface area contributed by atoms with Gasteiger partial charge in [-0.05, 0) is 30.3 Å². The Bertz CT molecular complexity index is 767. The Morgan fingerprint density at radius 2 is 1.83 bits per heavy atom. The van der Waals surface area contributed by atoms with Gasteiger partial charge in [-0.1, -0.05) is 11.6 Å². The van der Waals surface area contributed by atoms with E-state index in [0.717, 1.165) is 0 Å². The number of nitrogens with one attached hydrogen (secondary N) is 1. The first-order chi connectivity index (χ1) is 11.5. The molecule has 0 fully saturated rings. The van der Waals surface area contributed by atoms with E-state index in [1.54, 1.807) is 18.2 Å². The summed E-state index contributed by atoms with van der Waals surface area (Å²) >= 11 is 5.80. The first-order valence-electron chi connectivity index (χ1n) is 6.73. The van der Waals surface area contributed by atoms with Crippen molar-refractivity contribution >= 4 is 29.5 Å². The van der Waals surface area contributed by atoms with Crippen LogP contribution in [0.5, 0.6) is 17.2 Å². The molecule has 24 heavy (non-hydrogen) atoms. The fraction of sp³-hybridized carbons (Fsp3) is 0.125. The maximum absolute atomic E-state index is 11.0. The molecule has 0 heterocycles. The number of ether oxygens (including phenoxy) is 2. The van der Waals surface area contributed by atoms with Crippen LogP contribution in [0.25, 0.3) is 0 Å². The van der Waals surface area contributed by atoms with Crippen LogP contribution < -0.4 is 14.9 Å². The lowest BCUT2D eigenvalue weighted by molar-refractivity contribution is 0.0697. The molecular formula is C16H15ClN2O5. The quantitative estimate of drug-likeness (QED) is 0.546. The second-order valence-electron chi connectivity index (χ2n) is 4.64. The number of anilines is 1. The van der Waals surface area contributed by atoms with E-state index < -0.39 is 5.97 Å². The minimum absolute atomic E-state index is 0.0233. The number of carboxylic acids is 1. The number of phenolic OH excluding ortho intramolecular Hbond substituents is 1. The molecule has 0 aliphatic heterocycles. The molecule has 0 bridgehead atoms. The number of benzene rings is 2. The fourth-order valence-corrected chi connectivity index (χ4v) is 2.13. The lowest BCUT2D eigenvalue weighted by Crippen LogP contribution is -1.99. The van der Waals surface area contributed by atoms with Crippen molar-refractivity contribution < 1.29 is 24.5 Å². The number of hydrogen-bond donors (Lipinski definition) is 3. The second-order valence-corrected chi connectivity index (χ2v) is 5.05. The summed E-state index contributed by atoms with van der Waals surface area (Å²) in [5.41, 5.74) is 3.76. The molecule has 0 saturated heterocycles. The van der Waals surface area contributed by atoms with E-state index in [2.05, 4.69) is 10.5 Å². The van der Waals surface area contributed by atoms with Crippen molar-refractivity contribution in [3.63, 3.8) is 0 Å². The van der Waals surface area contributed by atoms with Gasteiger partial charge in [-0.15, -0.1) is 0 Å². The Labute approximate surface area is 143 Å². The zero-order valence-electron chi connectivity index (χ0n) is 12.9. The van der Waals surface area contributed by atoms with Crippen molar-refractivity contribution in [2.75, 3.05) is 19.6 Å². The molecule has 0 amide bonds. The molecule has 0 unspecified atom stereocenters. The van der Waals surface area contributed by atoms with Crippen LogP contribution in [-0.4, -0.2) is 36.6 Å². The first-order valence-corrected chi connectivity index (χ1v) is 7.11. The summed E-state index contributed by atoms with van der Waals surface area (Å²) in [4.78, 5) is 11.0. The van der Waals surface area contributed by atoms with Crippen LogP contribution in [0, 0.1) is 0 Å². The monoisotopic (exact) mass is 350 g/mol. The molecule has 0 spiro atoms. The Hall–Kier alpha value is -2.93. The van der Waals surface area contributed by atoms with Crippen molar-refractivity contribution in [2.45, 2.75) is 0 Å². The van der Waals surface area contributed by atoms with Crippen LogP contribution in [0.2, 0.25) is 5.02 Å². The SMILES string of the molecule is COc1cc(/C=N/Nc2ccc(Cl)c(C(=O)O)c2)cc(OC)c1O. The zero-order chi connectivity index (χ0) is 17.7. The number of methoxy groups -OCH3 is 2. The molecule has 0 saturated carbocycles. The number of carboxylic acid groups (broad SMARTS) is 1. The number of halogens is 1. The van der Waals surface area contributed by atoms with E-state index >= 15 is 0 Å². The van der Waals surface area contributed by atoms with Gasteiger partial charge in [0, 0.05) is 5.56 Å². The summed E-state index contributed by atoms with van der Waals surface area (Å²) in [7, 11) is 2.85. The Kier molecular flexibility index (Phi) is 5.49. The van der Waals surface area contributed by atoms with Crippen molar-refractivity contribution in [2.24, 2.45) is 5.10 Å². The van der Waals surface area contributed by atoms with Crippen LogP contribution in [0.3, 0.4) is 0 Å². The highest BCUT2D eigenvalue weighted by molar-refractivity contribution is 6.33. The second kappa shape index (κ2) is 7.56. The number of hydrazone groups is 1. The van der Waals surface area contributed by atoms with Gasteiger partial charge in [0.25, 0.3) is 0 Å². The fourth-order valence-electron chi connectivity index (χ4n) is 1.93. The molecule has 8 heteroatoms. The highest BCUT2D eigenvalue weighted by atomic mass is 35.5. The van der Waals surface area contributed by atoms with Crippen molar-refractivity contribution in [1.82, 2.24) is 0 Å². The third-order valence-electron chi connectivity index (χ3n) is 3.11. The van der Waals surface area contributed by atoms with Gasteiger partial charge in [-0.25, -0.2) is 4.79 Å². The number of aromatic hydroxyl groups is 1. The highest BCUT2D eigenvalue weighted by Gasteiger charge is 2.11. The van der Waals surface area contributed by atoms with E-state index in [0.29, 0.717) is 11.3 Å². The van der Waals surface area contributed by atoms with Crippen LogP contribution >= 0.6 is 11.6 Å². The summed E-state index contributed by atoms with van der Waals surface area (Å²) in [6, 6.07) is 7.60. The molecule has 7 nitrogen and oxygen atoms in total. The van der Waals surface area contributed by atoms with Crippen LogP contribution in [0.1, 0.15) is 15.9 Å². The standard InChI is InChI=1S/C16H15ClN2O5/c1-23-13-5-9(6-14(24-2)15(13)20)8-18-19-10-3-4-12(17)11(7-10)16(21)22/h3-8,19-20H,1-2H3,(H,21,22)/b18-8+. The van der Waals surface area contributed by atoms with Gasteiger partial charge in [0.15, 0.2) is 11.5 Å². The number of hydrogen-bond acceptors (Lipinski definition) is 6. The molecule has 0 aliphatic carbocycles.